The number of piperidine rings is 1. The number of carbonyl (C=O) groups is 2. The fraction of sp³-hybridized carbons (Fsp3) is 0.625. The number of nitrogens with zero attached hydrogens (tertiary/aromatic N) is 2. The highest BCUT2D eigenvalue weighted by molar-refractivity contribution is 5.89. The Balaban J connectivity index is 1.72. The van der Waals surface area contributed by atoms with Gasteiger partial charge in [-0.3, -0.25) is 4.79 Å². The first kappa shape index (κ1) is 14.2. The maximum atomic E-state index is 12.4. The van der Waals surface area contributed by atoms with E-state index >= 15 is 0 Å². The van der Waals surface area contributed by atoms with E-state index in [9.17, 15) is 14.7 Å². The zero-order chi connectivity index (χ0) is 15.0. The summed E-state index contributed by atoms with van der Waals surface area (Å²) >= 11 is 0. The predicted molar refractivity (Wildman–Crippen MR) is 78.3 cm³/mol. The zero-order valence-corrected chi connectivity index (χ0v) is 12.4. The maximum Gasteiger partial charge on any atom is 0.337 e. The lowest BCUT2D eigenvalue weighted by Gasteiger charge is -2.30. The first-order valence-electron chi connectivity index (χ1n) is 7.76. The molecule has 2 aliphatic rings. The highest BCUT2D eigenvalue weighted by Crippen LogP contribution is 2.42. The first-order chi connectivity index (χ1) is 10.1. The molecule has 0 radical (unpaired) electrons. The van der Waals surface area contributed by atoms with Gasteiger partial charge in [0.15, 0.2) is 0 Å². The van der Waals surface area contributed by atoms with Gasteiger partial charge < -0.3 is 14.6 Å². The van der Waals surface area contributed by atoms with Crippen LogP contribution in [0.2, 0.25) is 0 Å². The Morgan fingerprint density at radius 1 is 1.24 bits per heavy atom. The van der Waals surface area contributed by atoms with Crippen LogP contribution >= 0.6 is 0 Å². The zero-order valence-electron chi connectivity index (χ0n) is 12.4. The van der Waals surface area contributed by atoms with Crippen molar-refractivity contribution in [1.29, 1.82) is 0 Å². The van der Waals surface area contributed by atoms with Gasteiger partial charge in [-0.1, -0.05) is 6.92 Å². The molecule has 1 N–H and O–H groups in total. The third-order valence-corrected chi connectivity index (χ3v) is 4.64. The van der Waals surface area contributed by atoms with Crippen molar-refractivity contribution in [3.63, 3.8) is 0 Å². The Morgan fingerprint density at radius 2 is 1.90 bits per heavy atom. The van der Waals surface area contributed by atoms with E-state index in [1.54, 1.807) is 12.3 Å². The summed E-state index contributed by atoms with van der Waals surface area (Å²) < 4.78 is 1.85. The van der Waals surface area contributed by atoms with Crippen LogP contribution in [0.3, 0.4) is 0 Å². The minimum absolute atomic E-state index is 0.108. The standard InChI is InChI=1S/C16H22N2O3/c1-11-4-7-17(8-5-11)14(19)10-18-9-6-13(16(20)21)15(18)12-2-3-12/h6,9,11-12H,2-5,7-8,10H2,1H3,(H,20,21). The van der Waals surface area contributed by atoms with E-state index in [1.165, 1.54) is 0 Å². The van der Waals surface area contributed by atoms with Crippen molar-refractivity contribution in [1.82, 2.24) is 9.47 Å². The van der Waals surface area contributed by atoms with Crippen LogP contribution in [0.4, 0.5) is 0 Å². The van der Waals surface area contributed by atoms with E-state index in [2.05, 4.69) is 6.92 Å². The van der Waals surface area contributed by atoms with Gasteiger partial charge in [-0.05, 0) is 37.7 Å². The Kier molecular flexibility index (Phi) is 3.74. The number of hydrogen-bond acceptors (Lipinski definition) is 2. The molecule has 1 aromatic rings. The second kappa shape index (κ2) is 5.54. The molecule has 1 aromatic heterocycles. The molecule has 3 rings (SSSR count). The minimum atomic E-state index is -0.894. The third-order valence-electron chi connectivity index (χ3n) is 4.64. The summed E-state index contributed by atoms with van der Waals surface area (Å²) in [6.07, 6.45) is 5.93. The topological polar surface area (TPSA) is 62.5 Å². The summed E-state index contributed by atoms with van der Waals surface area (Å²) in [5.74, 6) is 0.229. The second-order valence-corrected chi connectivity index (χ2v) is 6.39. The van der Waals surface area contributed by atoms with Crippen LogP contribution in [0, 0.1) is 5.92 Å². The number of carboxylic acid groups (broad SMARTS) is 1. The van der Waals surface area contributed by atoms with E-state index < -0.39 is 5.97 Å². The van der Waals surface area contributed by atoms with Crippen LogP contribution in [0.15, 0.2) is 12.3 Å². The van der Waals surface area contributed by atoms with Crippen molar-refractivity contribution in [3.8, 4) is 0 Å². The number of hydrogen-bond donors (Lipinski definition) is 1. The Labute approximate surface area is 124 Å². The molecule has 1 aliphatic carbocycles. The van der Waals surface area contributed by atoms with Crippen molar-refractivity contribution >= 4 is 11.9 Å². The molecule has 1 saturated heterocycles. The SMILES string of the molecule is CC1CCN(C(=O)Cn2ccc(C(=O)O)c2C2CC2)CC1. The molecular weight excluding hydrogens is 268 g/mol. The average molecular weight is 290 g/mol. The highest BCUT2D eigenvalue weighted by Gasteiger charge is 2.32. The van der Waals surface area contributed by atoms with Crippen LogP contribution < -0.4 is 0 Å². The summed E-state index contributed by atoms with van der Waals surface area (Å²) in [6.45, 7) is 4.14. The van der Waals surface area contributed by atoms with Gasteiger partial charge in [-0.2, -0.15) is 0 Å². The molecular formula is C16H22N2O3. The first-order valence-corrected chi connectivity index (χ1v) is 7.76. The van der Waals surface area contributed by atoms with Crippen molar-refractivity contribution in [2.45, 2.75) is 45.1 Å². The second-order valence-electron chi connectivity index (χ2n) is 6.39. The third kappa shape index (κ3) is 2.96. The van der Waals surface area contributed by atoms with Crippen LogP contribution in [0.25, 0.3) is 0 Å². The molecule has 0 aromatic carbocycles. The van der Waals surface area contributed by atoms with Crippen LogP contribution in [-0.4, -0.2) is 39.5 Å². The van der Waals surface area contributed by atoms with Crippen molar-refractivity contribution in [2.24, 2.45) is 5.92 Å². The number of amides is 1. The monoisotopic (exact) mass is 290 g/mol. The minimum Gasteiger partial charge on any atom is -0.478 e. The molecule has 5 nitrogen and oxygen atoms in total. The molecule has 0 bridgehead atoms. The normalized spacial score (nSPS) is 19.8. The van der Waals surface area contributed by atoms with Crippen LogP contribution in [0.5, 0.6) is 0 Å². The molecule has 0 unspecified atom stereocenters. The molecule has 1 saturated carbocycles. The average Bonchev–Trinajstić information content (AvgIpc) is 3.20. The lowest BCUT2D eigenvalue weighted by atomic mass is 9.99. The smallest absolute Gasteiger partial charge is 0.337 e. The van der Waals surface area contributed by atoms with Gasteiger partial charge in [0.05, 0.1) is 5.56 Å². The number of carboxylic acids is 1. The van der Waals surface area contributed by atoms with Crippen molar-refractivity contribution in [2.75, 3.05) is 13.1 Å². The summed E-state index contributed by atoms with van der Waals surface area (Å²) in [4.78, 5) is 25.6. The molecule has 21 heavy (non-hydrogen) atoms. The summed E-state index contributed by atoms with van der Waals surface area (Å²) in [5, 5.41) is 9.26. The fourth-order valence-corrected chi connectivity index (χ4v) is 3.12. The number of aromatic nitrogens is 1. The van der Waals surface area contributed by atoms with E-state index in [0.29, 0.717) is 17.4 Å². The van der Waals surface area contributed by atoms with Gasteiger partial charge in [-0.25, -0.2) is 4.79 Å². The van der Waals surface area contributed by atoms with Gasteiger partial charge in [0.25, 0.3) is 0 Å². The van der Waals surface area contributed by atoms with E-state index in [1.807, 2.05) is 9.47 Å². The largest absolute Gasteiger partial charge is 0.478 e. The highest BCUT2D eigenvalue weighted by atomic mass is 16.4. The molecule has 1 amide bonds. The Morgan fingerprint density at radius 3 is 2.48 bits per heavy atom. The molecule has 114 valence electrons. The van der Waals surface area contributed by atoms with Crippen molar-refractivity contribution in [3.05, 3.63) is 23.5 Å². The molecule has 1 aliphatic heterocycles. The predicted octanol–water partition coefficient (Wildman–Crippen LogP) is 2.32. The molecule has 2 fully saturated rings. The molecule has 2 heterocycles. The van der Waals surface area contributed by atoms with Gasteiger partial charge in [0.2, 0.25) is 5.91 Å². The Bertz CT molecular complexity index is 552. The molecule has 0 atom stereocenters. The van der Waals surface area contributed by atoms with Gasteiger partial charge in [-0.15, -0.1) is 0 Å². The number of likely N-dealkylation sites (tertiary alicyclic amines) is 1. The van der Waals surface area contributed by atoms with E-state index in [-0.39, 0.29) is 12.5 Å². The van der Waals surface area contributed by atoms with Gasteiger partial charge in [0.1, 0.15) is 6.54 Å². The van der Waals surface area contributed by atoms with Crippen LogP contribution in [-0.2, 0) is 11.3 Å². The molecule has 5 heteroatoms. The number of aromatic carboxylic acids is 1. The van der Waals surface area contributed by atoms with Gasteiger partial charge in [0, 0.05) is 30.9 Å². The summed E-state index contributed by atoms with van der Waals surface area (Å²) in [7, 11) is 0. The lowest BCUT2D eigenvalue weighted by molar-refractivity contribution is -0.133. The number of carbonyl (C=O) groups excluding carboxylic acids is 1. The van der Waals surface area contributed by atoms with E-state index in [0.717, 1.165) is 44.5 Å². The van der Waals surface area contributed by atoms with Crippen LogP contribution in [0.1, 0.15) is 54.6 Å². The summed E-state index contributed by atoms with van der Waals surface area (Å²) in [5.41, 5.74) is 1.19. The quantitative estimate of drug-likeness (QED) is 0.925. The fourth-order valence-electron chi connectivity index (χ4n) is 3.12. The maximum absolute atomic E-state index is 12.4. The lowest BCUT2D eigenvalue weighted by Crippen LogP contribution is -2.39. The summed E-state index contributed by atoms with van der Waals surface area (Å²) in [6, 6.07) is 1.63. The molecule has 0 spiro atoms. The van der Waals surface area contributed by atoms with Gasteiger partial charge >= 0.3 is 5.97 Å². The number of rotatable bonds is 4. The Hall–Kier alpha value is -1.78. The van der Waals surface area contributed by atoms with E-state index in [4.69, 9.17) is 0 Å². The van der Waals surface area contributed by atoms with Crippen molar-refractivity contribution < 1.29 is 14.7 Å².